The quantitative estimate of drug-likeness (QED) is 0.708. The van der Waals surface area contributed by atoms with Gasteiger partial charge in [-0.05, 0) is 25.5 Å². The summed E-state index contributed by atoms with van der Waals surface area (Å²) in [5, 5.41) is 3.93. The molecule has 30 heavy (non-hydrogen) atoms. The highest BCUT2D eigenvalue weighted by Crippen LogP contribution is 2.26. The molecule has 10 heteroatoms. The van der Waals surface area contributed by atoms with E-state index in [4.69, 9.17) is 9.72 Å². The highest BCUT2D eigenvalue weighted by Gasteiger charge is 2.27. The minimum absolute atomic E-state index is 0.112. The number of hydrogen-bond acceptors (Lipinski definition) is 7. The summed E-state index contributed by atoms with van der Waals surface area (Å²) in [6, 6.07) is 2.19. The van der Waals surface area contributed by atoms with Crippen LogP contribution < -0.4 is 9.80 Å². The van der Waals surface area contributed by atoms with E-state index < -0.39 is 6.43 Å². The summed E-state index contributed by atoms with van der Waals surface area (Å²) in [7, 11) is 3.73. The van der Waals surface area contributed by atoms with Gasteiger partial charge in [-0.2, -0.15) is 10.1 Å². The van der Waals surface area contributed by atoms with E-state index in [0.717, 1.165) is 50.8 Å². The lowest BCUT2D eigenvalue weighted by molar-refractivity contribution is 0.122. The summed E-state index contributed by atoms with van der Waals surface area (Å²) in [6.45, 7) is 5.15. The number of aromatic nitrogens is 4. The van der Waals surface area contributed by atoms with Gasteiger partial charge in [0.2, 0.25) is 5.95 Å². The molecule has 2 aliphatic heterocycles. The Morgan fingerprint density at radius 2 is 2.07 bits per heavy atom. The van der Waals surface area contributed by atoms with Gasteiger partial charge >= 0.3 is 0 Å². The lowest BCUT2D eigenvalue weighted by atomic mass is 10.0. The number of piperidine rings is 1. The number of ether oxygens (including phenoxy) is 1. The first-order valence-electron chi connectivity index (χ1n) is 10.4. The summed E-state index contributed by atoms with van der Waals surface area (Å²) in [5.74, 6) is 1.61. The summed E-state index contributed by atoms with van der Waals surface area (Å²) in [5.41, 5.74) is 0.492. The number of likely N-dealkylation sites (tertiary alicyclic amines) is 1. The van der Waals surface area contributed by atoms with Gasteiger partial charge in [-0.15, -0.1) is 0 Å². The van der Waals surface area contributed by atoms with Crippen molar-refractivity contribution in [1.82, 2.24) is 24.6 Å². The molecule has 0 aromatic carbocycles. The van der Waals surface area contributed by atoms with Crippen LogP contribution in [0.5, 0.6) is 0 Å². The Balaban J connectivity index is 1.43. The number of rotatable bonds is 6. The van der Waals surface area contributed by atoms with Gasteiger partial charge in [-0.25, -0.2) is 13.8 Å². The molecular formula is C20H29F2N7O. The van der Waals surface area contributed by atoms with E-state index in [0.29, 0.717) is 25.3 Å². The Bertz CT molecular complexity index is 840. The maximum atomic E-state index is 13.3. The summed E-state index contributed by atoms with van der Waals surface area (Å²) < 4.78 is 33.5. The van der Waals surface area contributed by atoms with E-state index in [1.54, 1.807) is 19.4 Å². The van der Waals surface area contributed by atoms with Gasteiger partial charge in [0.05, 0.1) is 13.2 Å². The lowest BCUT2D eigenvalue weighted by Crippen LogP contribution is -2.46. The van der Waals surface area contributed by atoms with Crippen molar-refractivity contribution in [3.8, 4) is 0 Å². The van der Waals surface area contributed by atoms with Crippen molar-refractivity contribution in [3.05, 3.63) is 29.7 Å². The number of aryl methyl sites for hydroxylation is 1. The minimum Gasteiger partial charge on any atom is -0.378 e. The van der Waals surface area contributed by atoms with Crippen LogP contribution in [0, 0.1) is 0 Å². The van der Waals surface area contributed by atoms with E-state index in [2.05, 4.69) is 24.8 Å². The zero-order chi connectivity index (χ0) is 21.1. The van der Waals surface area contributed by atoms with Crippen LogP contribution in [0.1, 0.15) is 30.5 Å². The highest BCUT2D eigenvalue weighted by molar-refractivity contribution is 5.44. The molecule has 1 unspecified atom stereocenters. The molecule has 0 spiro atoms. The first kappa shape index (κ1) is 20.9. The molecule has 8 nitrogen and oxygen atoms in total. The number of morpholine rings is 1. The van der Waals surface area contributed by atoms with Gasteiger partial charge in [-0.3, -0.25) is 9.58 Å². The Kier molecular flexibility index (Phi) is 6.43. The fraction of sp³-hybridized carbons (Fsp3) is 0.650. The van der Waals surface area contributed by atoms with E-state index in [-0.39, 0.29) is 11.7 Å². The second-order valence-corrected chi connectivity index (χ2v) is 7.97. The molecule has 2 fully saturated rings. The summed E-state index contributed by atoms with van der Waals surface area (Å²) >= 11 is 0. The first-order chi connectivity index (χ1) is 14.5. The van der Waals surface area contributed by atoms with Crippen LogP contribution in [-0.2, 0) is 18.3 Å². The van der Waals surface area contributed by atoms with Crippen molar-refractivity contribution in [1.29, 1.82) is 0 Å². The minimum atomic E-state index is -2.55. The molecule has 0 aliphatic carbocycles. The number of alkyl halides is 2. The van der Waals surface area contributed by atoms with Crippen LogP contribution in [0.15, 0.2) is 18.5 Å². The standard InChI is InChI=1S/C20H29F2N7O/c1-26-12-15(18(25-26)19(21)22)13-28-7-3-4-16(14-28)27(2)17-5-6-23-20(24-17)29-8-10-30-11-9-29/h5-6,12,16,19H,3-4,7-11,13-14H2,1-2H3. The van der Waals surface area contributed by atoms with Gasteiger partial charge in [0.1, 0.15) is 11.5 Å². The predicted molar refractivity (Wildman–Crippen MR) is 110 cm³/mol. The second-order valence-electron chi connectivity index (χ2n) is 7.97. The third kappa shape index (κ3) is 4.70. The second kappa shape index (κ2) is 9.22. The van der Waals surface area contributed by atoms with Gasteiger partial charge in [0.15, 0.2) is 0 Å². The van der Waals surface area contributed by atoms with Gasteiger partial charge in [0.25, 0.3) is 6.43 Å². The Hall–Kier alpha value is -2.33. The number of hydrogen-bond donors (Lipinski definition) is 0. The van der Waals surface area contributed by atoms with Crippen molar-refractivity contribution in [2.24, 2.45) is 7.05 Å². The average Bonchev–Trinajstić information content (AvgIpc) is 3.14. The lowest BCUT2D eigenvalue weighted by Gasteiger charge is -2.38. The van der Waals surface area contributed by atoms with Crippen LogP contribution >= 0.6 is 0 Å². The van der Waals surface area contributed by atoms with Crippen molar-refractivity contribution >= 4 is 11.8 Å². The topological polar surface area (TPSA) is 62.6 Å². The van der Waals surface area contributed by atoms with Gasteiger partial charge in [-0.1, -0.05) is 0 Å². The zero-order valence-electron chi connectivity index (χ0n) is 17.5. The Morgan fingerprint density at radius 3 is 2.83 bits per heavy atom. The van der Waals surface area contributed by atoms with Gasteiger partial charge < -0.3 is 14.5 Å². The molecule has 2 aromatic rings. The van der Waals surface area contributed by atoms with Crippen molar-refractivity contribution < 1.29 is 13.5 Å². The van der Waals surface area contributed by atoms with Crippen LogP contribution in [-0.4, -0.2) is 77.1 Å². The fourth-order valence-electron chi connectivity index (χ4n) is 4.23. The van der Waals surface area contributed by atoms with E-state index in [1.807, 2.05) is 13.1 Å². The Labute approximate surface area is 175 Å². The number of anilines is 2. The van der Waals surface area contributed by atoms with Crippen molar-refractivity contribution in [2.45, 2.75) is 31.9 Å². The molecule has 4 rings (SSSR count). The normalized spacial score (nSPS) is 20.7. The zero-order valence-corrected chi connectivity index (χ0v) is 17.5. The van der Waals surface area contributed by atoms with Crippen LogP contribution in [0.3, 0.4) is 0 Å². The fourth-order valence-corrected chi connectivity index (χ4v) is 4.23. The summed E-state index contributed by atoms with van der Waals surface area (Å²) in [6.07, 6.45) is 3.01. The Morgan fingerprint density at radius 1 is 1.27 bits per heavy atom. The predicted octanol–water partition coefficient (Wildman–Crippen LogP) is 2.09. The number of halogens is 2. The molecule has 0 radical (unpaired) electrons. The molecule has 0 bridgehead atoms. The average molecular weight is 421 g/mol. The van der Waals surface area contributed by atoms with Crippen LogP contribution in [0.4, 0.5) is 20.5 Å². The third-order valence-electron chi connectivity index (χ3n) is 5.85. The maximum absolute atomic E-state index is 13.3. The molecule has 0 amide bonds. The third-order valence-corrected chi connectivity index (χ3v) is 5.85. The number of nitrogens with zero attached hydrogens (tertiary/aromatic N) is 7. The molecule has 164 valence electrons. The smallest absolute Gasteiger partial charge is 0.282 e. The highest BCUT2D eigenvalue weighted by atomic mass is 19.3. The summed E-state index contributed by atoms with van der Waals surface area (Å²) in [4.78, 5) is 15.8. The monoisotopic (exact) mass is 421 g/mol. The molecule has 2 saturated heterocycles. The molecular weight excluding hydrogens is 392 g/mol. The number of likely N-dealkylation sites (N-methyl/N-ethyl adjacent to an activating group) is 1. The largest absolute Gasteiger partial charge is 0.378 e. The maximum Gasteiger partial charge on any atom is 0.282 e. The molecule has 2 aromatic heterocycles. The van der Waals surface area contributed by atoms with Crippen molar-refractivity contribution in [3.63, 3.8) is 0 Å². The molecule has 1 atom stereocenters. The van der Waals surface area contributed by atoms with Gasteiger partial charge in [0, 0.05) is 64.3 Å². The SMILES string of the molecule is CN(c1ccnc(N2CCOCC2)n1)C1CCCN(Cc2cn(C)nc2C(F)F)C1. The van der Waals surface area contributed by atoms with E-state index >= 15 is 0 Å². The first-order valence-corrected chi connectivity index (χ1v) is 10.4. The van der Waals surface area contributed by atoms with Crippen molar-refractivity contribution in [2.75, 3.05) is 56.2 Å². The molecule has 0 N–H and O–H groups in total. The molecule has 0 saturated carbocycles. The molecule has 2 aliphatic rings. The van der Waals surface area contributed by atoms with E-state index in [9.17, 15) is 8.78 Å². The van der Waals surface area contributed by atoms with Crippen LogP contribution in [0.2, 0.25) is 0 Å². The van der Waals surface area contributed by atoms with E-state index in [1.165, 1.54) is 4.68 Å². The van der Waals surface area contributed by atoms with Crippen LogP contribution in [0.25, 0.3) is 0 Å². The molecule has 4 heterocycles.